The summed E-state index contributed by atoms with van der Waals surface area (Å²) in [4.78, 5) is 20.9. The molecule has 1 aromatic carbocycles. The molecule has 5 nitrogen and oxygen atoms in total. The number of hydrogen-bond acceptors (Lipinski definition) is 4. The maximum atomic E-state index is 11.0. The van der Waals surface area contributed by atoms with E-state index in [0.717, 1.165) is 5.69 Å². The van der Waals surface area contributed by atoms with Crippen LogP contribution in [-0.2, 0) is 4.79 Å². The van der Waals surface area contributed by atoms with Gasteiger partial charge < -0.3 is 5.32 Å². The fourth-order valence-electron chi connectivity index (χ4n) is 1.12. The molecule has 5 heteroatoms. The number of Topliss-reactive ketones (excluding diaryl/α,β-unsaturated/α-hetero) is 1. The van der Waals surface area contributed by atoms with Crippen LogP contribution in [-0.4, -0.2) is 17.3 Å². The lowest BCUT2D eigenvalue weighted by Gasteiger charge is -2.10. The first-order valence-corrected chi connectivity index (χ1v) is 4.99. The van der Waals surface area contributed by atoms with Gasteiger partial charge in [-0.05, 0) is 19.1 Å². The van der Waals surface area contributed by atoms with Crippen molar-refractivity contribution >= 4 is 17.2 Å². The summed E-state index contributed by atoms with van der Waals surface area (Å²) in [5, 5.41) is 13.5. The number of carbonyl (C=O) groups excluding carboxylic acids is 1. The van der Waals surface area contributed by atoms with E-state index in [4.69, 9.17) is 0 Å². The SMILES string of the molecule is CC(=O)C(C)CNc1ccc([N+](=O)[O-])cc1. The lowest BCUT2D eigenvalue weighted by atomic mass is 10.1. The van der Waals surface area contributed by atoms with E-state index in [1.54, 1.807) is 19.1 Å². The Kier molecular flexibility index (Phi) is 3.99. The molecular formula is C11H14N2O3. The van der Waals surface area contributed by atoms with Crippen LogP contribution in [0.15, 0.2) is 24.3 Å². The summed E-state index contributed by atoms with van der Waals surface area (Å²) in [5.41, 5.74) is 0.837. The van der Waals surface area contributed by atoms with Gasteiger partial charge in [0.15, 0.2) is 0 Å². The normalized spacial score (nSPS) is 11.9. The van der Waals surface area contributed by atoms with Gasteiger partial charge in [-0.25, -0.2) is 0 Å². The summed E-state index contributed by atoms with van der Waals surface area (Å²) < 4.78 is 0. The molecule has 1 aromatic rings. The molecule has 0 bridgehead atoms. The van der Waals surface area contributed by atoms with Gasteiger partial charge in [0.05, 0.1) is 4.92 Å². The van der Waals surface area contributed by atoms with Crippen LogP contribution in [0, 0.1) is 16.0 Å². The Bertz CT molecular complexity index is 387. The van der Waals surface area contributed by atoms with Crippen molar-refractivity contribution in [1.82, 2.24) is 0 Å². The van der Waals surface area contributed by atoms with Gasteiger partial charge >= 0.3 is 0 Å². The van der Waals surface area contributed by atoms with Gasteiger partial charge in [0.25, 0.3) is 5.69 Å². The second-order valence-corrected chi connectivity index (χ2v) is 3.70. The monoisotopic (exact) mass is 222 g/mol. The minimum atomic E-state index is -0.442. The highest BCUT2D eigenvalue weighted by Gasteiger charge is 2.07. The van der Waals surface area contributed by atoms with Crippen LogP contribution in [0.3, 0.4) is 0 Å². The van der Waals surface area contributed by atoms with Crippen LogP contribution in [0.4, 0.5) is 11.4 Å². The first-order valence-electron chi connectivity index (χ1n) is 4.99. The van der Waals surface area contributed by atoms with Crippen molar-refractivity contribution in [2.45, 2.75) is 13.8 Å². The molecule has 0 saturated carbocycles. The van der Waals surface area contributed by atoms with E-state index in [0.29, 0.717) is 6.54 Å². The third-order valence-corrected chi connectivity index (χ3v) is 2.38. The van der Waals surface area contributed by atoms with Crippen molar-refractivity contribution < 1.29 is 9.72 Å². The molecule has 1 rings (SSSR count). The third-order valence-electron chi connectivity index (χ3n) is 2.38. The van der Waals surface area contributed by atoms with Gasteiger partial charge in [-0.1, -0.05) is 6.92 Å². The van der Waals surface area contributed by atoms with Gasteiger partial charge in [-0.2, -0.15) is 0 Å². The zero-order chi connectivity index (χ0) is 12.1. The fourth-order valence-corrected chi connectivity index (χ4v) is 1.12. The molecule has 1 N–H and O–H groups in total. The first kappa shape index (κ1) is 12.2. The fraction of sp³-hybridized carbons (Fsp3) is 0.364. The smallest absolute Gasteiger partial charge is 0.269 e. The van der Waals surface area contributed by atoms with E-state index in [1.165, 1.54) is 12.1 Å². The van der Waals surface area contributed by atoms with Crippen molar-refractivity contribution in [3.8, 4) is 0 Å². The number of benzene rings is 1. The number of nitrogens with zero attached hydrogens (tertiary/aromatic N) is 1. The summed E-state index contributed by atoms with van der Waals surface area (Å²) in [6, 6.07) is 6.12. The van der Waals surface area contributed by atoms with Crippen molar-refractivity contribution in [2.24, 2.45) is 5.92 Å². The van der Waals surface area contributed by atoms with Gasteiger partial charge in [0, 0.05) is 30.3 Å². The molecule has 0 heterocycles. The average molecular weight is 222 g/mol. The number of rotatable bonds is 5. The number of hydrogen-bond donors (Lipinski definition) is 1. The van der Waals surface area contributed by atoms with Crippen LogP contribution in [0.25, 0.3) is 0 Å². The molecular weight excluding hydrogens is 208 g/mol. The largest absolute Gasteiger partial charge is 0.384 e. The van der Waals surface area contributed by atoms with Crippen LogP contribution in [0.5, 0.6) is 0 Å². The summed E-state index contributed by atoms with van der Waals surface area (Å²) in [6.07, 6.45) is 0. The number of nitrogens with one attached hydrogen (secondary N) is 1. The molecule has 0 aromatic heterocycles. The molecule has 0 aliphatic heterocycles. The van der Waals surface area contributed by atoms with E-state index in [9.17, 15) is 14.9 Å². The Hall–Kier alpha value is -1.91. The van der Waals surface area contributed by atoms with E-state index in [1.807, 2.05) is 6.92 Å². The Morgan fingerprint density at radius 2 is 2.00 bits per heavy atom. The number of anilines is 1. The molecule has 0 aliphatic rings. The Morgan fingerprint density at radius 1 is 1.44 bits per heavy atom. The van der Waals surface area contributed by atoms with E-state index >= 15 is 0 Å². The predicted molar refractivity (Wildman–Crippen MR) is 61.4 cm³/mol. The maximum absolute atomic E-state index is 11.0. The average Bonchev–Trinajstić information content (AvgIpc) is 2.26. The maximum Gasteiger partial charge on any atom is 0.269 e. The molecule has 0 spiro atoms. The molecule has 0 saturated heterocycles. The summed E-state index contributed by atoms with van der Waals surface area (Å²) in [6.45, 7) is 3.91. The quantitative estimate of drug-likeness (QED) is 0.612. The highest BCUT2D eigenvalue weighted by atomic mass is 16.6. The molecule has 0 radical (unpaired) electrons. The molecule has 86 valence electrons. The van der Waals surface area contributed by atoms with Crippen LogP contribution < -0.4 is 5.32 Å². The zero-order valence-electron chi connectivity index (χ0n) is 9.27. The summed E-state index contributed by atoms with van der Waals surface area (Å²) >= 11 is 0. The van der Waals surface area contributed by atoms with Crippen LogP contribution >= 0.6 is 0 Å². The number of nitro benzene ring substituents is 1. The van der Waals surface area contributed by atoms with E-state index in [-0.39, 0.29) is 17.4 Å². The first-order chi connectivity index (χ1) is 7.50. The van der Waals surface area contributed by atoms with Crippen molar-refractivity contribution in [2.75, 3.05) is 11.9 Å². The van der Waals surface area contributed by atoms with Crippen molar-refractivity contribution in [3.63, 3.8) is 0 Å². The van der Waals surface area contributed by atoms with E-state index in [2.05, 4.69) is 5.32 Å². The summed E-state index contributed by atoms with van der Waals surface area (Å²) in [7, 11) is 0. The number of nitro groups is 1. The van der Waals surface area contributed by atoms with Gasteiger partial charge in [0.1, 0.15) is 5.78 Å². The predicted octanol–water partition coefficient (Wildman–Crippen LogP) is 2.23. The molecule has 16 heavy (non-hydrogen) atoms. The number of non-ortho nitro benzene ring substituents is 1. The Labute approximate surface area is 93.6 Å². The summed E-state index contributed by atoms with van der Waals surface area (Å²) in [5.74, 6) is 0.0598. The Morgan fingerprint density at radius 3 is 2.44 bits per heavy atom. The second-order valence-electron chi connectivity index (χ2n) is 3.70. The van der Waals surface area contributed by atoms with Crippen molar-refractivity contribution in [3.05, 3.63) is 34.4 Å². The lowest BCUT2D eigenvalue weighted by Crippen LogP contribution is -2.17. The standard InChI is InChI=1S/C11H14N2O3/c1-8(9(2)14)7-12-10-3-5-11(6-4-10)13(15)16/h3-6,8,12H,7H2,1-2H3. The zero-order valence-corrected chi connectivity index (χ0v) is 9.27. The van der Waals surface area contributed by atoms with Crippen LogP contribution in [0.1, 0.15) is 13.8 Å². The highest BCUT2D eigenvalue weighted by molar-refractivity contribution is 5.78. The van der Waals surface area contributed by atoms with Gasteiger partial charge in [0.2, 0.25) is 0 Å². The van der Waals surface area contributed by atoms with E-state index < -0.39 is 4.92 Å². The molecule has 0 amide bonds. The highest BCUT2D eigenvalue weighted by Crippen LogP contribution is 2.15. The second kappa shape index (κ2) is 5.25. The lowest BCUT2D eigenvalue weighted by molar-refractivity contribution is -0.384. The molecule has 1 atom stereocenters. The minimum Gasteiger partial charge on any atom is -0.384 e. The number of carbonyl (C=O) groups is 1. The van der Waals surface area contributed by atoms with Crippen LogP contribution in [0.2, 0.25) is 0 Å². The Balaban J connectivity index is 2.56. The van der Waals surface area contributed by atoms with Gasteiger partial charge in [-0.15, -0.1) is 0 Å². The third kappa shape index (κ3) is 3.34. The minimum absolute atomic E-state index is 0.0600. The molecule has 0 fully saturated rings. The molecule has 1 unspecified atom stereocenters. The molecule has 0 aliphatic carbocycles. The van der Waals surface area contributed by atoms with Crippen molar-refractivity contribution in [1.29, 1.82) is 0 Å². The number of ketones is 1. The topological polar surface area (TPSA) is 72.2 Å². The van der Waals surface area contributed by atoms with Gasteiger partial charge in [-0.3, -0.25) is 14.9 Å².